The molecule has 1 aromatic carbocycles. The minimum atomic E-state index is -0.251. The Morgan fingerprint density at radius 2 is 2.05 bits per heavy atom. The van der Waals surface area contributed by atoms with Crippen molar-refractivity contribution in [3.05, 3.63) is 38.7 Å². The maximum absolute atomic E-state index is 12.2. The van der Waals surface area contributed by atoms with Gasteiger partial charge in [0.25, 0.3) is 5.56 Å². The third-order valence-corrected chi connectivity index (χ3v) is 3.62. The Morgan fingerprint density at radius 1 is 1.29 bits per heavy atom. The Hall–Kier alpha value is -2.02. The molecule has 3 rings (SSSR count). The molecular weight excluding hydrogens is 340 g/mol. The molecule has 0 aliphatic carbocycles. The standard InChI is InChI=1S/C14H13BrN2O4/c1-8-5-10(15)14(18)17(16-8)9-6-11(19-2)13-12(7-9)20-3-4-21-13/h5-7H,3-4H2,1-2H3. The van der Waals surface area contributed by atoms with Crippen molar-refractivity contribution in [1.82, 2.24) is 9.78 Å². The highest BCUT2D eigenvalue weighted by molar-refractivity contribution is 9.10. The third-order valence-electron chi connectivity index (χ3n) is 3.05. The van der Waals surface area contributed by atoms with Crippen LogP contribution in [0.5, 0.6) is 17.2 Å². The molecule has 1 aromatic heterocycles. The number of halogens is 1. The number of rotatable bonds is 2. The van der Waals surface area contributed by atoms with Crippen molar-refractivity contribution in [2.45, 2.75) is 6.92 Å². The molecule has 0 bridgehead atoms. The molecule has 1 aliphatic rings. The molecule has 110 valence electrons. The minimum absolute atomic E-state index is 0.251. The molecule has 1 aliphatic heterocycles. The van der Waals surface area contributed by atoms with E-state index in [4.69, 9.17) is 14.2 Å². The number of methoxy groups -OCH3 is 1. The highest BCUT2D eigenvalue weighted by Gasteiger charge is 2.20. The quantitative estimate of drug-likeness (QED) is 0.827. The monoisotopic (exact) mass is 352 g/mol. The summed E-state index contributed by atoms with van der Waals surface area (Å²) in [6.45, 7) is 2.74. The van der Waals surface area contributed by atoms with E-state index < -0.39 is 0 Å². The number of aromatic nitrogens is 2. The first-order valence-corrected chi connectivity index (χ1v) is 7.14. The average molecular weight is 353 g/mol. The van der Waals surface area contributed by atoms with Crippen molar-refractivity contribution in [3.63, 3.8) is 0 Å². The van der Waals surface area contributed by atoms with Crippen LogP contribution in [0.1, 0.15) is 5.69 Å². The van der Waals surface area contributed by atoms with Gasteiger partial charge in [0, 0.05) is 12.1 Å². The molecular formula is C14H13BrN2O4. The van der Waals surface area contributed by atoms with Crippen molar-refractivity contribution < 1.29 is 14.2 Å². The molecule has 0 amide bonds. The molecule has 0 radical (unpaired) electrons. The average Bonchev–Trinajstić information content (AvgIpc) is 2.49. The van der Waals surface area contributed by atoms with Gasteiger partial charge in [-0.15, -0.1) is 0 Å². The summed E-state index contributed by atoms with van der Waals surface area (Å²) >= 11 is 3.24. The number of fused-ring (bicyclic) bond motifs is 1. The van der Waals surface area contributed by atoms with Gasteiger partial charge in [0.1, 0.15) is 13.2 Å². The molecule has 0 fully saturated rings. The zero-order valence-corrected chi connectivity index (χ0v) is 13.1. The Kier molecular flexibility index (Phi) is 3.59. The Balaban J connectivity index is 2.22. The second-order valence-corrected chi connectivity index (χ2v) is 5.38. The molecule has 2 aromatic rings. The first kappa shape index (κ1) is 13.9. The lowest BCUT2D eigenvalue weighted by atomic mass is 10.2. The van der Waals surface area contributed by atoms with Crippen LogP contribution in [0.3, 0.4) is 0 Å². The summed E-state index contributed by atoms with van der Waals surface area (Å²) in [6.07, 6.45) is 0. The van der Waals surface area contributed by atoms with Crippen LogP contribution < -0.4 is 19.8 Å². The van der Waals surface area contributed by atoms with E-state index in [1.807, 2.05) is 6.92 Å². The maximum atomic E-state index is 12.2. The van der Waals surface area contributed by atoms with Gasteiger partial charge in [0.05, 0.1) is 23.0 Å². The van der Waals surface area contributed by atoms with E-state index in [9.17, 15) is 4.79 Å². The van der Waals surface area contributed by atoms with Gasteiger partial charge in [-0.05, 0) is 28.9 Å². The van der Waals surface area contributed by atoms with Gasteiger partial charge in [-0.1, -0.05) is 0 Å². The predicted molar refractivity (Wildman–Crippen MR) is 79.8 cm³/mol. The van der Waals surface area contributed by atoms with Gasteiger partial charge < -0.3 is 14.2 Å². The summed E-state index contributed by atoms with van der Waals surface area (Å²) in [5, 5.41) is 4.25. The Morgan fingerprint density at radius 3 is 2.81 bits per heavy atom. The summed E-state index contributed by atoms with van der Waals surface area (Å²) in [5.41, 5.74) is 1.03. The maximum Gasteiger partial charge on any atom is 0.285 e. The van der Waals surface area contributed by atoms with Crippen molar-refractivity contribution in [3.8, 4) is 22.9 Å². The normalized spacial score (nSPS) is 13.1. The van der Waals surface area contributed by atoms with Crippen molar-refractivity contribution in [2.75, 3.05) is 20.3 Å². The highest BCUT2D eigenvalue weighted by atomic mass is 79.9. The largest absolute Gasteiger partial charge is 0.493 e. The number of hydrogen-bond acceptors (Lipinski definition) is 5. The Labute approximate surface area is 129 Å². The molecule has 0 spiro atoms. The second kappa shape index (κ2) is 5.40. The number of aryl methyl sites for hydroxylation is 1. The zero-order chi connectivity index (χ0) is 15.0. The van der Waals surface area contributed by atoms with Crippen LogP contribution in [0.15, 0.2) is 27.5 Å². The molecule has 0 N–H and O–H groups in total. The number of hydrogen-bond donors (Lipinski definition) is 0. The van der Waals surface area contributed by atoms with Gasteiger partial charge in [0.15, 0.2) is 11.5 Å². The van der Waals surface area contributed by atoms with Crippen LogP contribution in [0.25, 0.3) is 5.69 Å². The lowest BCUT2D eigenvalue weighted by molar-refractivity contribution is 0.165. The lowest BCUT2D eigenvalue weighted by Crippen LogP contribution is -2.23. The number of benzene rings is 1. The van der Waals surface area contributed by atoms with Crippen LogP contribution >= 0.6 is 15.9 Å². The fraction of sp³-hybridized carbons (Fsp3) is 0.286. The van der Waals surface area contributed by atoms with E-state index >= 15 is 0 Å². The summed E-state index contributed by atoms with van der Waals surface area (Å²) in [6, 6.07) is 5.10. The minimum Gasteiger partial charge on any atom is -0.493 e. The van der Waals surface area contributed by atoms with E-state index in [-0.39, 0.29) is 5.56 Å². The molecule has 0 unspecified atom stereocenters. The van der Waals surface area contributed by atoms with Gasteiger partial charge in [-0.3, -0.25) is 4.79 Å². The smallest absolute Gasteiger partial charge is 0.285 e. The third kappa shape index (κ3) is 2.49. The summed E-state index contributed by atoms with van der Waals surface area (Å²) in [5.74, 6) is 1.60. The summed E-state index contributed by atoms with van der Waals surface area (Å²) in [4.78, 5) is 12.2. The first-order valence-electron chi connectivity index (χ1n) is 6.34. The first-order chi connectivity index (χ1) is 10.1. The van der Waals surface area contributed by atoms with Crippen LogP contribution in [-0.2, 0) is 0 Å². The number of nitrogens with zero attached hydrogens (tertiary/aromatic N) is 2. The highest BCUT2D eigenvalue weighted by Crippen LogP contribution is 2.41. The van der Waals surface area contributed by atoms with E-state index in [0.29, 0.717) is 40.6 Å². The predicted octanol–water partition coefficient (Wildman–Crippen LogP) is 2.08. The van der Waals surface area contributed by atoms with E-state index in [1.54, 1.807) is 25.3 Å². The molecule has 21 heavy (non-hydrogen) atoms. The summed E-state index contributed by atoms with van der Waals surface area (Å²) < 4.78 is 18.2. The zero-order valence-electron chi connectivity index (χ0n) is 11.6. The molecule has 0 saturated carbocycles. The van der Waals surface area contributed by atoms with E-state index in [1.165, 1.54) is 4.68 Å². The van der Waals surface area contributed by atoms with Crippen LogP contribution in [-0.4, -0.2) is 30.1 Å². The lowest BCUT2D eigenvalue weighted by Gasteiger charge is -2.21. The van der Waals surface area contributed by atoms with Crippen molar-refractivity contribution in [1.29, 1.82) is 0 Å². The number of ether oxygens (including phenoxy) is 3. The fourth-order valence-electron chi connectivity index (χ4n) is 2.13. The van der Waals surface area contributed by atoms with Gasteiger partial charge in [-0.25, -0.2) is 0 Å². The fourth-order valence-corrected chi connectivity index (χ4v) is 2.63. The summed E-state index contributed by atoms with van der Waals surface area (Å²) in [7, 11) is 1.54. The SMILES string of the molecule is COc1cc(-n2nc(C)cc(Br)c2=O)cc2c1OCCO2. The molecule has 0 saturated heterocycles. The van der Waals surface area contributed by atoms with E-state index in [2.05, 4.69) is 21.0 Å². The van der Waals surface area contributed by atoms with Gasteiger partial charge in [0.2, 0.25) is 5.75 Å². The molecule has 0 atom stereocenters. The van der Waals surface area contributed by atoms with E-state index in [0.717, 1.165) is 5.69 Å². The second-order valence-electron chi connectivity index (χ2n) is 4.52. The van der Waals surface area contributed by atoms with Crippen LogP contribution in [0.4, 0.5) is 0 Å². The van der Waals surface area contributed by atoms with Crippen LogP contribution in [0.2, 0.25) is 0 Å². The van der Waals surface area contributed by atoms with Gasteiger partial charge >= 0.3 is 0 Å². The van der Waals surface area contributed by atoms with Crippen LogP contribution in [0, 0.1) is 6.92 Å². The molecule has 2 heterocycles. The van der Waals surface area contributed by atoms with Crippen molar-refractivity contribution in [2.24, 2.45) is 0 Å². The topological polar surface area (TPSA) is 62.6 Å². The Bertz CT molecular complexity index is 740. The van der Waals surface area contributed by atoms with Gasteiger partial charge in [-0.2, -0.15) is 9.78 Å². The molecule has 6 nitrogen and oxygen atoms in total. The molecule has 7 heteroatoms. The van der Waals surface area contributed by atoms with Crippen molar-refractivity contribution >= 4 is 15.9 Å².